The maximum atomic E-state index is 11.2. The minimum atomic E-state index is 0.0473. The second-order valence-electron chi connectivity index (χ2n) is 4.56. The first-order valence-electron chi connectivity index (χ1n) is 6.09. The van der Waals surface area contributed by atoms with Crippen molar-refractivity contribution in [3.05, 3.63) is 46.1 Å². The number of rotatable bonds is 4. The number of Topliss-reactive ketones (excluding diaryl/α,β-unsaturated/α-hetero) is 1. The third-order valence-corrected chi connectivity index (χ3v) is 3.28. The van der Waals surface area contributed by atoms with Gasteiger partial charge in [0, 0.05) is 25.7 Å². The lowest BCUT2D eigenvalue weighted by Gasteiger charge is -2.07. The molecule has 0 aliphatic carbocycles. The molecule has 0 spiro atoms. The largest absolute Gasteiger partial charge is 0.438 e. The maximum Gasteiger partial charge on any atom is 0.210 e. The van der Waals surface area contributed by atoms with Gasteiger partial charge in [0.1, 0.15) is 5.76 Å². The molecule has 4 nitrogen and oxygen atoms in total. The Labute approximate surface area is 126 Å². The van der Waals surface area contributed by atoms with Gasteiger partial charge in [-0.1, -0.05) is 0 Å². The number of hydrogen-bond acceptors (Lipinski definition) is 4. The Kier molecular flexibility index (Phi) is 4.39. The first-order valence-corrected chi connectivity index (χ1v) is 6.88. The van der Waals surface area contributed by atoms with Crippen molar-refractivity contribution in [1.82, 2.24) is 0 Å². The van der Waals surface area contributed by atoms with E-state index >= 15 is 0 Å². The summed E-state index contributed by atoms with van der Waals surface area (Å²) in [6, 6.07) is 9.00. The van der Waals surface area contributed by atoms with Crippen molar-refractivity contribution in [2.45, 2.75) is 6.92 Å². The SMILES string of the molecule is CC(=O)c1ccc(N=Cc2cc(Br)c(N(C)C)o2)cc1. The quantitative estimate of drug-likeness (QED) is 0.625. The van der Waals surface area contributed by atoms with E-state index in [-0.39, 0.29) is 5.78 Å². The monoisotopic (exact) mass is 334 g/mol. The third kappa shape index (κ3) is 3.36. The van der Waals surface area contributed by atoms with E-state index in [1.54, 1.807) is 37.4 Å². The van der Waals surface area contributed by atoms with Crippen LogP contribution in [0.1, 0.15) is 23.0 Å². The van der Waals surface area contributed by atoms with E-state index in [1.165, 1.54) is 0 Å². The van der Waals surface area contributed by atoms with Crippen LogP contribution in [0.15, 0.2) is 44.2 Å². The fraction of sp³-hybridized carbons (Fsp3) is 0.200. The zero-order chi connectivity index (χ0) is 14.7. The van der Waals surface area contributed by atoms with Crippen LogP contribution < -0.4 is 4.90 Å². The molecule has 2 aromatic rings. The fourth-order valence-electron chi connectivity index (χ4n) is 1.67. The number of aliphatic imine (C=N–C) groups is 1. The molecule has 0 fully saturated rings. The number of furan rings is 1. The smallest absolute Gasteiger partial charge is 0.210 e. The highest BCUT2D eigenvalue weighted by molar-refractivity contribution is 9.10. The Balaban J connectivity index is 2.16. The summed E-state index contributed by atoms with van der Waals surface area (Å²) < 4.78 is 6.52. The van der Waals surface area contributed by atoms with E-state index in [1.807, 2.05) is 25.1 Å². The fourth-order valence-corrected chi connectivity index (χ4v) is 2.33. The molecule has 0 aliphatic heterocycles. The number of nitrogens with zero attached hydrogens (tertiary/aromatic N) is 2. The molecule has 0 radical (unpaired) electrons. The summed E-state index contributed by atoms with van der Waals surface area (Å²) in [4.78, 5) is 17.4. The number of carbonyl (C=O) groups excluding carboxylic acids is 1. The summed E-state index contributed by atoms with van der Waals surface area (Å²) >= 11 is 3.43. The van der Waals surface area contributed by atoms with E-state index in [0.29, 0.717) is 11.3 Å². The molecule has 2 rings (SSSR count). The Bertz CT molecular complexity index is 642. The van der Waals surface area contributed by atoms with Gasteiger partial charge < -0.3 is 9.32 Å². The molecule has 0 unspecified atom stereocenters. The van der Waals surface area contributed by atoms with Gasteiger partial charge in [-0.25, -0.2) is 0 Å². The highest BCUT2D eigenvalue weighted by Crippen LogP contribution is 2.28. The van der Waals surface area contributed by atoms with Crippen LogP contribution in [0.2, 0.25) is 0 Å². The highest BCUT2D eigenvalue weighted by Gasteiger charge is 2.09. The zero-order valence-electron chi connectivity index (χ0n) is 11.6. The zero-order valence-corrected chi connectivity index (χ0v) is 13.1. The molecule has 0 saturated heterocycles. The molecule has 0 aliphatic rings. The van der Waals surface area contributed by atoms with Crippen LogP contribution in [0.4, 0.5) is 11.6 Å². The minimum absolute atomic E-state index is 0.0473. The second-order valence-corrected chi connectivity index (χ2v) is 5.41. The van der Waals surface area contributed by atoms with Gasteiger partial charge in [0.2, 0.25) is 5.88 Å². The van der Waals surface area contributed by atoms with Crippen molar-refractivity contribution in [2.24, 2.45) is 4.99 Å². The van der Waals surface area contributed by atoms with Crippen LogP contribution in [-0.4, -0.2) is 26.1 Å². The molecule has 1 aromatic heterocycles. The standard InChI is InChI=1S/C15H15BrN2O2/c1-10(19)11-4-6-12(7-5-11)17-9-13-8-14(16)15(20-13)18(2)3/h4-9H,1-3H3. The lowest BCUT2D eigenvalue weighted by atomic mass is 10.1. The number of anilines is 1. The summed E-state index contributed by atoms with van der Waals surface area (Å²) in [5, 5.41) is 0. The van der Waals surface area contributed by atoms with E-state index in [4.69, 9.17) is 4.42 Å². The van der Waals surface area contributed by atoms with Crippen molar-refractivity contribution in [1.29, 1.82) is 0 Å². The molecule has 20 heavy (non-hydrogen) atoms. The van der Waals surface area contributed by atoms with Gasteiger partial charge in [0.15, 0.2) is 5.78 Å². The number of ketones is 1. The van der Waals surface area contributed by atoms with Crippen LogP contribution in [0.5, 0.6) is 0 Å². The number of benzene rings is 1. The van der Waals surface area contributed by atoms with Gasteiger partial charge in [0.05, 0.1) is 16.4 Å². The number of hydrogen-bond donors (Lipinski definition) is 0. The van der Waals surface area contributed by atoms with Gasteiger partial charge in [0.25, 0.3) is 0 Å². The second kappa shape index (κ2) is 6.05. The van der Waals surface area contributed by atoms with Crippen molar-refractivity contribution < 1.29 is 9.21 Å². The molecule has 5 heteroatoms. The molecule has 0 saturated carbocycles. The first-order chi connectivity index (χ1) is 9.47. The number of carbonyl (C=O) groups is 1. The van der Waals surface area contributed by atoms with Gasteiger partial charge in [-0.2, -0.15) is 0 Å². The predicted molar refractivity (Wildman–Crippen MR) is 84.4 cm³/mol. The topological polar surface area (TPSA) is 45.8 Å². The molecule has 1 heterocycles. The average molecular weight is 335 g/mol. The summed E-state index contributed by atoms with van der Waals surface area (Å²) in [6.45, 7) is 1.54. The number of halogens is 1. The predicted octanol–water partition coefficient (Wildman–Crippen LogP) is 4.06. The van der Waals surface area contributed by atoms with Gasteiger partial charge >= 0.3 is 0 Å². The van der Waals surface area contributed by atoms with E-state index in [0.717, 1.165) is 16.0 Å². The molecule has 0 atom stereocenters. The lowest BCUT2D eigenvalue weighted by Crippen LogP contribution is -2.07. The molecule has 0 bridgehead atoms. The van der Waals surface area contributed by atoms with E-state index < -0.39 is 0 Å². The van der Waals surface area contributed by atoms with Crippen molar-refractivity contribution >= 4 is 39.5 Å². The normalized spacial score (nSPS) is 11.0. The van der Waals surface area contributed by atoms with Crippen LogP contribution in [0.25, 0.3) is 0 Å². The molecule has 1 aromatic carbocycles. The summed E-state index contributed by atoms with van der Waals surface area (Å²) in [5.74, 6) is 1.46. The minimum Gasteiger partial charge on any atom is -0.438 e. The van der Waals surface area contributed by atoms with Crippen molar-refractivity contribution in [3.8, 4) is 0 Å². The summed E-state index contributed by atoms with van der Waals surface area (Å²) in [7, 11) is 3.82. The molecule has 0 amide bonds. The van der Waals surface area contributed by atoms with Crippen LogP contribution in [0, 0.1) is 0 Å². The van der Waals surface area contributed by atoms with E-state index in [2.05, 4.69) is 20.9 Å². The molecular weight excluding hydrogens is 320 g/mol. The van der Waals surface area contributed by atoms with Gasteiger partial charge in [-0.05, 0) is 47.1 Å². The van der Waals surface area contributed by atoms with Gasteiger partial charge in [-0.3, -0.25) is 9.79 Å². The van der Waals surface area contributed by atoms with Gasteiger partial charge in [-0.15, -0.1) is 0 Å². The third-order valence-electron chi connectivity index (χ3n) is 2.71. The Morgan fingerprint density at radius 1 is 1.30 bits per heavy atom. The Hall–Kier alpha value is -1.88. The Morgan fingerprint density at radius 2 is 1.95 bits per heavy atom. The van der Waals surface area contributed by atoms with E-state index in [9.17, 15) is 4.79 Å². The first kappa shape index (κ1) is 14.5. The molecule has 104 valence electrons. The van der Waals surface area contributed by atoms with Crippen LogP contribution in [0.3, 0.4) is 0 Å². The van der Waals surface area contributed by atoms with Crippen molar-refractivity contribution in [3.63, 3.8) is 0 Å². The molecular formula is C15H15BrN2O2. The summed E-state index contributed by atoms with van der Waals surface area (Å²) in [5.41, 5.74) is 1.45. The van der Waals surface area contributed by atoms with Crippen LogP contribution in [-0.2, 0) is 0 Å². The summed E-state index contributed by atoms with van der Waals surface area (Å²) in [6.07, 6.45) is 1.65. The molecule has 0 N–H and O–H groups in total. The lowest BCUT2D eigenvalue weighted by molar-refractivity contribution is 0.101. The maximum absolute atomic E-state index is 11.2. The average Bonchev–Trinajstić information content (AvgIpc) is 2.78. The van der Waals surface area contributed by atoms with Crippen molar-refractivity contribution in [2.75, 3.05) is 19.0 Å². The highest BCUT2D eigenvalue weighted by atomic mass is 79.9. The Morgan fingerprint density at radius 3 is 2.45 bits per heavy atom. The van der Waals surface area contributed by atoms with Crippen LogP contribution >= 0.6 is 15.9 Å².